The van der Waals surface area contributed by atoms with Crippen molar-refractivity contribution in [3.63, 3.8) is 0 Å². The lowest BCUT2D eigenvalue weighted by molar-refractivity contribution is 0.104. The summed E-state index contributed by atoms with van der Waals surface area (Å²) in [5.41, 5.74) is 7.67. The topological polar surface area (TPSA) is 30.0 Å². The molecule has 0 N–H and O–H groups in total. The molecule has 0 saturated carbocycles. The van der Waals surface area contributed by atoms with Crippen molar-refractivity contribution in [2.24, 2.45) is 0 Å². The smallest absolute Gasteiger partial charge is 0.186 e. The highest BCUT2D eigenvalue weighted by molar-refractivity contribution is 6.09. The van der Waals surface area contributed by atoms with Gasteiger partial charge in [-0.1, -0.05) is 6.08 Å². The van der Waals surface area contributed by atoms with Gasteiger partial charge in [-0.2, -0.15) is 0 Å². The van der Waals surface area contributed by atoms with Gasteiger partial charge in [-0.15, -0.1) is 0 Å². The predicted molar refractivity (Wildman–Crippen MR) is 87.7 cm³/mol. The number of hydrogen-bond donors (Lipinski definition) is 0. The first-order valence-electron chi connectivity index (χ1n) is 7.13. The van der Waals surface area contributed by atoms with E-state index < -0.39 is 0 Å². The van der Waals surface area contributed by atoms with Gasteiger partial charge in [0.25, 0.3) is 0 Å². The van der Waals surface area contributed by atoms with Gasteiger partial charge in [-0.3, -0.25) is 9.78 Å². The van der Waals surface area contributed by atoms with E-state index in [9.17, 15) is 4.79 Å². The minimum Gasteiger partial charge on any atom is -0.289 e. The summed E-state index contributed by atoms with van der Waals surface area (Å²) in [6.07, 6.45) is 6.94. The first-order valence-corrected chi connectivity index (χ1v) is 7.13. The largest absolute Gasteiger partial charge is 0.289 e. The Labute approximate surface area is 126 Å². The van der Waals surface area contributed by atoms with Crippen LogP contribution in [0.25, 0.3) is 6.08 Å². The molecule has 1 heterocycles. The summed E-state index contributed by atoms with van der Waals surface area (Å²) in [6, 6.07) is 3.77. The molecule has 0 aliphatic heterocycles. The van der Waals surface area contributed by atoms with Gasteiger partial charge in [0.05, 0.1) is 0 Å². The predicted octanol–water partition coefficient (Wildman–Crippen LogP) is 4.52. The van der Waals surface area contributed by atoms with Crippen LogP contribution in [0.15, 0.2) is 30.6 Å². The van der Waals surface area contributed by atoms with Gasteiger partial charge in [0.2, 0.25) is 0 Å². The molecule has 0 unspecified atom stereocenters. The fourth-order valence-corrected chi connectivity index (χ4v) is 2.60. The number of rotatable bonds is 3. The number of pyridine rings is 1. The van der Waals surface area contributed by atoms with Crippen LogP contribution in [0, 0.1) is 34.6 Å². The van der Waals surface area contributed by atoms with Crippen LogP contribution in [0.2, 0.25) is 0 Å². The average molecular weight is 279 g/mol. The molecule has 2 heteroatoms. The third-order valence-electron chi connectivity index (χ3n) is 4.38. The van der Waals surface area contributed by atoms with Crippen molar-refractivity contribution in [3.8, 4) is 0 Å². The van der Waals surface area contributed by atoms with Gasteiger partial charge in [-0.25, -0.2) is 0 Å². The number of aromatic nitrogens is 1. The number of ketones is 1. The monoisotopic (exact) mass is 279 g/mol. The molecule has 0 spiro atoms. The Morgan fingerprint density at radius 2 is 1.33 bits per heavy atom. The average Bonchev–Trinajstić information content (AvgIpc) is 2.50. The van der Waals surface area contributed by atoms with Crippen molar-refractivity contribution in [1.82, 2.24) is 4.98 Å². The molecule has 1 aromatic heterocycles. The molecule has 108 valence electrons. The number of carbonyl (C=O) groups excluding carboxylic acids is 1. The molecule has 0 bridgehead atoms. The Morgan fingerprint density at radius 1 is 0.857 bits per heavy atom. The van der Waals surface area contributed by atoms with Crippen molar-refractivity contribution >= 4 is 11.9 Å². The van der Waals surface area contributed by atoms with Crippen molar-refractivity contribution in [3.05, 3.63) is 69.5 Å². The summed E-state index contributed by atoms with van der Waals surface area (Å²) < 4.78 is 0. The van der Waals surface area contributed by atoms with Crippen LogP contribution in [0.1, 0.15) is 43.7 Å². The highest BCUT2D eigenvalue weighted by Gasteiger charge is 2.16. The number of hydrogen-bond acceptors (Lipinski definition) is 2. The SMILES string of the molecule is Cc1c(C)c(C)c(C(=O)/C=C/c2ccncc2)c(C)c1C. The third kappa shape index (κ3) is 2.94. The molecule has 21 heavy (non-hydrogen) atoms. The van der Waals surface area contributed by atoms with Crippen LogP contribution in [0.5, 0.6) is 0 Å². The van der Waals surface area contributed by atoms with E-state index in [4.69, 9.17) is 0 Å². The lowest BCUT2D eigenvalue weighted by Gasteiger charge is -2.16. The number of allylic oxidation sites excluding steroid dienone is 1. The van der Waals surface area contributed by atoms with Crippen molar-refractivity contribution in [2.75, 3.05) is 0 Å². The molecule has 0 saturated heterocycles. The summed E-state index contributed by atoms with van der Waals surface area (Å²) in [4.78, 5) is 16.5. The van der Waals surface area contributed by atoms with E-state index in [2.05, 4.69) is 25.8 Å². The van der Waals surface area contributed by atoms with E-state index in [1.54, 1.807) is 18.5 Å². The molecule has 0 atom stereocenters. The zero-order valence-corrected chi connectivity index (χ0v) is 13.3. The zero-order valence-electron chi connectivity index (χ0n) is 13.3. The second-order valence-electron chi connectivity index (χ2n) is 5.48. The Balaban J connectivity index is 2.43. The fourth-order valence-electron chi connectivity index (χ4n) is 2.60. The summed E-state index contributed by atoms with van der Waals surface area (Å²) in [5, 5.41) is 0. The first-order chi connectivity index (χ1) is 9.93. The summed E-state index contributed by atoms with van der Waals surface area (Å²) in [5.74, 6) is 0.0630. The van der Waals surface area contributed by atoms with Gasteiger partial charge in [0.15, 0.2) is 5.78 Å². The minimum atomic E-state index is 0.0630. The Bertz CT molecular complexity index is 683. The van der Waals surface area contributed by atoms with Crippen molar-refractivity contribution in [2.45, 2.75) is 34.6 Å². The number of benzene rings is 1. The quantitative estimate of drug-likeness (QED) is 0.610. The maximum absolute atomic E-state index is 12.6. The summed E-state index contributed by atoms with van der Waals surface area (Å²) >= 11 is 0. The first kappa shape index (κ1) is 15.2. The molecule has 2 rings (SSSR count). The van der Waals surface area contributed by atoms with Gasteiger partial charge >= 0.3 is 0 Å². The second-order valence-corrected chi connectivity index (χ2v) is 5.48. The van der Waals surface area contributed by atoms with Gasteiger partial charge < -0.3 is 0 Å². The molecule has 0 aliphatic carbocycles. The Morgan fingerprint density at radius 3 is 1.86 bits per heavy atom. The highest BCUT2D eigenvalue weighted by Crippen LogP contribution is 2.26. The molecule has 1 aromatic carbocycles. The van der Waals surface area contributed by atoms with Crippen LogP contribution >= 0.6 is 0 Å². The van der Waals surface area contributed by atoms with E-state index >= 15 is 0 Å². The number of nitrogens with zero attached hydrogens (tertiary/aromatic N) is 1. The van der Waals surface area contributed by atoms with Crippen LogP contribution in [-0.2, 0) is 0 Å². The van der Waals surface area contributed by atoms with E-state index in [1.807, 2.05) is 32.1 Å². The zero-order chi connectivity index (χ0) is 15.6. The van der Waals surface area contributed by atoms with Crippen LogP contribution in [0.3, 0.4) is 0 Å². The molecule has 0 aliphatic rings. The van der Waals surface area contributed by atoms with Crippen molar-refractivity contribution < 1.29 is 4.79 Å². The summed E-state index contributed by atoms with van der Waals surface area (Å²) in [7, 11) is 0. The number of carbonyl (C=O) groups is 1. The van der Waals surface area contributed by atoms with E-state index in [1.165, 1.54) is 16.7 Å². The minimum absolute atomic E-state index is 0.0630. The lowest BCUT2D eigenvalue weighted by atomic mass is 9.87. The standard InChI is InChI=1S/C19H21NO/c1-12-13(2)15(4)19(16(5)14(12)3)18(21)7-6-17-8-10-20-11-9-17/h6-11H,1-5H3/b7-6+. The van der Waals surface area contributed by atoms with E-state index in [0.29, 0.717) is 0 Å². The molecular weight excluding hydrogens is 258 g/mol. The maximum Gasteiger partial charge on any atom is 0.186 e. The molecule has 0 fully saturated rings. The van der Waals surface area contributed by atoms with Gasteiger partial charge in [0, 0.05) is 18.0 Å². The fraction of sp³-hybridized carbons (Fsp3) is 0.263. The molecule has 0 radical (unpaired) electrons. The normalized spacial score (nSPS) is 11.1. The van der Waals surface area contributed by atoms with Crippen LogP contribution < -0.4 is 0 Å². The summed E-state index contributed by atoms with van der Waals surface area (Å²) in [6.45, 7) is 10.3. The van der Waals surface area contributed by atoms with Gasteiger partial charge in [-0.05, 0) is 86.2 Å². The third-order valence-corrected chi connectivity index (χ3v) is 4.38. The molecule has 2 aromatic rings. The van der Waals surface area contributed by atoms with Crippen molar-refractivity contribution in [1.29, 1.82) is 0 Å². The highest BCUT2D eigenvalue weighted by atomic mass is 16.1. The lowest BCUT2D eigenvalue weighted by Crippen LogP contribution is -2.07. The second kappa shape index (κ2) is 6.04. The van der Waals surface area contributed by atoms with Crippen LogP contribution in [0.4, 0.5) is 0 Å². The van der Waals surface area contributed by atoms with E-state index in [-0.39, 0.29) is 5.78 Å². The van der Waals surface area contributed by atoms with Crippen LogP contribution in [-0.4, -0.2) is 10.8 Å². The molecular formula is C19H21NO. The van der Waals surface area contributed by atoms with Gasteiger partial charge in [0.1, 0.15) is 0 Å². The maximum atomic E-state index is 12.6. The Kier molecular flexibility index (Phi) is 4.37. The van der Waals surface area contributed by atoms with E-state index in [0.717, 1.165) is 22.3 Å². The molecule has 2 nitrogen and oxygen atoms in total. The molecule has 0 amide bonds. The Hall–Kier alpha value is -2.22.